The van der Waals surface area contributed by atoms with Crippen LogP contribution >= 0.6 is 11.6 Å². The van der Waals surface area contributed by atoms with Crippen LogP contribution < -0.4 is 16.0 Å². The molecule has 0 aliphatic rings. The van der Waals surface area contributed by atoms with Crippen LogP contribution in [0.3, 0.4) is 0 Å². The van der Waals surface area contributed by atoms with Crippen molar-refractivity contribution in [2.45, 2.75) is 4.90 Å². The molecule has 0 amide bonds. The molecule has 0 unspecified atom stereocenters. The van der Waals surface area contributed by atoms with Crippen molar-refractivity contribution in [1.82, 2.24) is 4.98 Å². The normalized spacial score (nSPS) is 11.1. The van der Waals surface area contributed by atoms with Gasteiger partial charge in [0.2, 0.25) is 0 Å². The minimum absolute atomic E-state index is 0.0413. The number of benzene rings is 1. The fourth-order valence-electron chi connectivity index (χ4n) is 1.39. The number of halogens is 1. The summed E-state index contributed by atoms with van der Waals surface area (Å²) in [4.78, 5) is 3.78. The molecule has 0 saturated carbocycles. The van der Waals surface area contributed by atoms with Gasteiger partial charge in [0.25, 0.3) is 10.0 Å². The third-order valence-electron chi connectivity index (χ3n) is 2.29. The number of rotatable bonds is 4. The van der Waals surface area contributed by atoms with Gasteiger partial charge in [0.1, 0.15) is 4.90 Å². The molecule has 0 spiro atoms. The zero-order valence-electron chi connectivity index (χ0n) is 9.67. The van der Waals surface area contributed by atoms with Gasteiger partial charge in [-0.2, -0.15) is 0 Å². The fraction of sp³-hybridized carbons (Fsp3) is 0. The van der Waals surface area contributed by atoms with Crippen molar-refractivity contribution in [3.05, 3.63) is 47.6 Å². The summed E-state index contributed by atoms with van der Waals surface area (Å²) in [6.07, 6.45) is 1.17. The number of anilines is 2. The van der Waals surface area contributed by atoms with Gasteiger partial charge in [-0.05, 0) is 18.2 Å². The Kier molecular flexibility index (Phi) is 3.89. The molecule has 8 heteroatoms. The average Bonchev–Trinajstić information content (AvgIpc) is 2.39. The van der Waals surface area contributed by atoms with E-state index in [1.54, 1.807) is 30.3 Å². The van der Waals surface area contributed by atoms with E-state index >= 15 is 0 Å². The summed E-state index contributed by atoms with van der Waals surface area (Å²) in [6, 6.07) is 9.80. The summed E-state index contributed by atoms with van der Waals surface area (Å²) >= 11 is 5.84. The number of nitrogens with zero attached hydrogens (tertiary/aromatic N) is 1. The summed E-state index contributed by atoms with van der Waals surface area (Å²) in [5.41, 5.74) is 2.72. The highest BCUT2D eigenvalue weighted by atomic mass is 35.5. The van der Waals surface area contributed by atoms with E-state index < -0.39 is 10.0 Å². The van der Waals surface area contributed by atoms with Crippen LogP contribution in [0.4, 0.5) is 11.5 Å². The van der Waals surface area contributed by atoms with Crippen LogP contribution in [0, 0.1) is 0 Å². The lowest BCUT2D eigenvalue weighted by Crippen LogP contribution is -2.14. The highest BCUT2D eigenvalue weighted by Gasteiger charge is 2.16. The second kappa shape index (κ2) is 5.43. The lowest BCUT2D eigenvalue weighted by Gasteiger charge is -2.09. The number of sulfonamides is 1. The van der Waals surface area contributed by atoms with Gasteiger partial charge in [0.05, 0.1) is 5.02 Å². The van der Waals surface area contributed by atoms with E-state index in [0.29, 0.717) is 5.69 Å². The van der Waals surface area contributed by atoms with Crippen LogP contribution in [0.2, 0.25) is 5.02 Å². The monoisotopic (exact) mass is 298 g/mol. The van der Waals surface area contributed by atoms with Gasteiger partial charge in [0.15, 0.2) is 5.82 Å². The van der Waals surface area contributed by atoms with E-state index in [2.05, 4.69) is 15.1 Å². The number of hydrogen-bond acceptors (Lipinski definition) is 5. The molecular weight excluding hydrogens is 288 g/mol. The maximum atomic E-state index is 12.1. The molecule has 0 aliphatic carbocycles. The first-order valence-electron chi connectivity index (χ1n) is 5.23. The zero-order valence-corrected chi connectivity index (χ0v) is 11.2. The quantitative estimate of drug-likeness (QED) is 0.591. The van der Waals surface area contributed by atoms with Gasteiger partial charge in [-0.15, -0.1) is 0 Å². The Labute approximate surface area is 115 Å². The van der Waals surface area contributed by atoms with Crippen molar-refractivity contribution < 1.29 is 8.42 Å². The fourth-order valence-corrected chi connectivity index (χ4v) is 2.71. The summed E-state index contributed by atoms with van der Waals surface area (Å²) in [5.74, 6) is 5.38. The number of aromatic nitrogens is 1. The van der Waals surface area contributed by atoms with E-state index in [-0.39, 0.29) is 15.7 Å². The molecule has 0 atom stereocenters. The highest BCUT2D eigenvalue weighted by molar-refractivity contribution is 7.92. The summed E-state index contributed by atoms with van der Waals surface area (Å²) < 4.78 is 26.6. The van der Waals surface area contributed by atoms with Gasteiger partial charge in [-0.1, -0.05) is 29.8 Å². The van der Waals surface area contributed by atoms with Crippen molar-refractivity contribution in [1.29, 1.82) is 0 Å². The number of hydrogen-bond donors (Lipinski definition) is 3. The molecule has 0 aliphatic heterocycles. The molecule has 0 saturated heterocycles. The highest BCUT2D eigenvalue weighted by Crippen LogP contribution is 2.23. The Balaban J connectivity index is 2.32. The van der Waals surface area contributed by atoms with Gasteiger partial charge in [0, 0.05) is 11.9 Å². The number of hydrazine groups is 1. The third kappa shape index (κ3) is 3.14. The Bertz CT molecular complexity index is 676. The molecule has 0 radical (unpaired) electrons. The van der Waals surface area contributed by atoms with Crippen LogP contribution in [0.1, 0.15) is 0 Å². The largest absolute Gasteiger partial charge is 0.307 e. The van der Waals surface area contributed by atoms with Gasteiger partial charge < -0.3 is 5.43 Å². The van der Waals surface area contributed by atoms with Gasteiger partial charge in [-0.25, -0.2) is 19.2 Å². The minimum atomic E-state index is -3.73. The lowest BCUT2D eigenvalue weighted by molar-refractivity contribution is 0.601. The second-order valence-electron chi connectivity index (χ2n) is 3.62. The Morgan fingerprint density at radius 3 is 2.47 bits per heavy atom. The molecular formula is C11H11ClN4O2S. The molecule has 2 rings (SSSR count). The first kappa shape index (κ1) is 13.6. The van der Waals surface area contributed by atoms with Crippen molar-refractivity contribution in [2.24, 2.45) is 5.84 Å². The molecule has 0 fully saturated rings. The van der Waals surface area contributed by atoms with E-state index in [4.69, 9.17) is 17.4 Å². The zero-order chi connectivity index (χ0) is 13.9. The first-order valence-corrected chi connectivity index (χ1v) is 7.09. The second-order valence-corrected chi connectivity index (χ2v) is 5.71. The predicted octanol–water partition coefficient (Wildman–Crippen LogP) is 1.82. The Hall–Kier alpha value is -1.83. The van der Waals surface area contributed by atoms with Crippen LogP contribution in [0.25, 0.3) is 0 Å². The molecule has 1 aromatic carbocycles. The van der Waals surface area contributed by atoms with Gasteiger partial charge >= 0.3 is 0 Å². The summed E-state index contributed by atoms with van der Waals surface area (Å²) in [7, 11) is -3.73. The maximum absolute atomic E-state index is 12.1. The Morgan fingerprint density at radius 2 is 1.89 bits per heavy atom. The Morgan fingerprint density at radius 1 is 1.21 bits per heavy atom. The van der Waals surface area contributed by atoms with Gasteiger partial charge in [-0.3, -0.25) is 4.72 Å². The van der Waals surface area contributed by atoms with E-state index in [1.165, 1.54) is 12.3 Å². The molecule has 100 valence electrons. The molecule has 1 aromatic heterocycles. The smallest absolute Gasteiger partial charge is 0.263 e. The molecule has 19 heavy (non-hydrogen) atoms. The number of nitrogens with one attached hydrogen (secondary N) is 2. The molecule has 2 aromatic rings. The van der Waals surface area contributed by atoms with Crippen molar-refractivity contribution in [3.63, 3.8) is 0 Å². The van der Waals surface area contributed by atoms with Crippen molar-refractivity contribution in [3.8, 4) is 0 Å². The van der Waals surface area contributed by atoms with E-state index in [9.17, 15) is 8.42 Å². The standard InChI is InChI=1S/C11H11ClN4O2S/c12-10-6-9(7-14-11(10)15-13)19(17,18)16-8-4-2-1-3-5-8/h1-7,16H,13H2,(H,14,15). The number of pyridine rings is 1. The van der Waals surface area contributed by atoms with Crippen LogP contribution in [0.5, 0.6) is 0 Å². The number of nitrogen functional groups attached to an aromatic ring is 1. The number of nitrogens with two attached hydrogens (primary N) is 1. The number of para-hydroxylation sites is 1. The SMILES string of the molecule is NNc1ncc(S(=O)(=O)Nc2ccccc2)cc1Cl. The maximum Gasteiger partial charge on any atom is 0.263 e. The van der Waals surface area contributed by atoms with Crippen LogP contribution in [0.15, 0.2) is 47.5 Å². The molecule has 4 N–H and O–H groups in total. The molecule has 1 heterocycles. The average molecular weight is 299 g/mol. The lowest BCUT2D eigenvalue weighted by atomic mass is 10.3. The predicted molar refractivity (Wildman–Crippen MR) is 74.3 cm³/mol. The summed E-state index contributed by atoms with van der Waals surface area (Å²) in [5, 5.41) is 0.124. The molecule has 0 bridgehead atoms. The van der Waals surface area contributed by atoms with Crippen LogP contribution in [-0.4, -0.2) is 13.4 Å². The van der Waals surface area contributed by atoms with Crippen molar-refractivity contribution in [2.75, 3.05) is 10.1 Å². The minimum Gasteiger partial charge on any atom is -0.307 e. The summed E-state index contributed by atoms with van der Waals surface area (Å²) in [6.45, 7) is 0. The third-order valence-corrected chi connectivity index (χ3v) is 3.93. The van der Waals surface area contributed by atoms with Crippen molar-refractivity contribution >= 4 is 33.1 Å². The van der Waals surface area contributed by atoms with E-state index in [1.807, 2.05) is 0 Å². The van der Waals surface area contributed by atoms with E-state index in [0.717, 1.165) is 0 Å². The molecule has 6 nitrogen and oxygen atoms in total. The topological polar surface area (TPSA) is 97.1 Å². The first-order chi connectivity index (χ1) is 9.03. The van der Waals surface area contributed by atoms with Crippen LogP contribution in [-0.2, 0) is 10.0 Å².